The van der Waals surface area contributed by atoms with Gasteiger partial charge in [0.2, 0.25) is 11.3 Å². The van der Waals surface area contributed by atoms with E-state index in [1.807, 2.05) is 43.5 Å². The third-order valence-corrected chi connectivity index (χ3v) is 12.1. The molecular weight excluding hydrogens is 707 g/mol. The van der Waals surface area contributed by atoms with E-state index < -0.39 is 33.3 Å². The topological polar surface area (TPSA) is 148 Å². The summed E-state index contributed by atoms with van der Waals surface area (Å²) in [6.45, 7) is 16.9. The van der Waals surface area contributed by atoms with Crippen LogP contribution in [0.25, 0.3) is 16.7 Å². The van der Waals surface area contributed by atoms with E-state index in [2.05, 4.69) is 55.4 Å². The van der Waals surface area contributed by atoms with Gasteiger partial charge in [-0.05, 0) is 76.3 Å². The van der Waals surface area contributed by atoms with Gasteiger partial charge in [0.25, 0.3) is 0 Å². The number of anilines is 1. The van der Waals surface area contributed by atoms with Gasteiger partial charge in [0.1, 0.15) is 30.4 Å². The number of carboxylic acids is 1. The van der Waals surface area contributed by atoms with Crippen LogP contribution < -0.4 is 24.8 Å². The lowest BCUT2D eigenvalue weighted by atomic mass is 9.84. The maximum absolute atomic E-state index is 13.8. The van der Waals surface area contributed by atoms with Gasteiger partial charge in [0.15, 0.2) is 5.54 Å². The molecule has 0 saturated carbocycles. The summed E-state index contributed by atoms with van der Waals surface area (Å²) in [5, 5.41) is 10.9. The first-order chi connectivity index (χ1) is 25.5. The Morgan fingerprint density at radius 2 is 1.70 bits per heavy atom. The number of piperidine rings is 1. The highest BCUT2D eigenvalue weighted by molar-refractivity contribution is 7.86. The SMILES string of the molecule is CCC1=CC(C)(C)N(CC)c2cc3c(cc21)C(c1nccn1CC(=O)N1CCC(C(=O)O)CC1)=c1cc2c(cc1O3)=[N+](CC)C(C)(C)C=C2CS(=O)(=O)[O-]. The number of carboxylic acid groups (broad SMARTS) is 1. The maximum Gasteiger partial charge on any atom is 0.306 e. The Labute approximate surface area is 316 Å². The van der Waals surface area contributed by atoms with Crippen LogP contribution in [0.4, 0.5) is 5.69 Å². The Morgan fingerprint density at radius 1 is 0.981 bits per heavy atom. The smallest absolute Gasteiger partial charge is 0.306 e. The van der Waals surface area contributed by atoms with Gasteiger partial charge in [0, 0.05) is 79.5 Å². The third kappa shape index (κ3) is 6.55. The van der Waals surface area contributed by atoms with Crippen molar-refractivity contribution in [1.29, 1.82) is 0 Å². The minimum Gasteiger partial charge on any atom is -0.748 e. The molecule has 0 unspecified atom stereocenters. The van der Waals surface area contributed by atoms with Crippen LogP contribution in [-0.2, 0) is 26.3 Å². The summed E-state index contributed by atoms with van der Waals surface area (Å²) < 4.78 is 47.6. The Kier molecular flexibility index (Phi) is 9.41. The summed E-state index contributed by atoms with van der Waals surface area (Å²) >= 11 is 0. The molecule has 2 aromatic carbocycles. The molecule has 1 N–H and O–H groups in total. The van der Waals surface area contributed by atoms with Crippen LogP contribution in [-0.4, -0.2) is 87.4 Å². The van der Waals surface area contributed by atoms with Crippen molar-refractivity contribution in [1.82, 2.24) is 19.0 Å². The fourth-order valence-corrected chi connectivity index (χ4v) is 9.61. The Hall–Kier alpha value is -4.75. The summed E-state index contributed by atoms with van der Waals surface area (Å²) in [5.74, 6) is -0.361. The van der Waals surface area contributed by atoms with Gasteiger partial charge >= 0.3 is 5.97 Å². The monoisotopic (exact) mass is 755 g/mol. The second-order valence-electron chi connectivity index (χ2n) is 15.8. The number of amides is 1. The number of nitrogens with zero attached hydrogens (tertiary/aromatic N) is 5. The standard InChI is InChI=1S/C41H49N5O7S/c1-8-25-21-40(4,5)45(9-2)32-19-34-30(17-28(25)32)37(38-42-13-16-44(38)23-36(47)43-14-11-26(12-15-43)39(48)49)31-18-29-27(24-54(50,51)52)22-41(6,7)46(10-3)33(29)20-35(31)53-34/h13,16-22,26H,8-12,14-15,23-24H2,1-7H3,(H-,48,49,50,51,52). The van der Waals surface area contributed by atoms with Crippen molar-refractivity contribution < 1.29 is 32.4 Å². The molecule has 0 aliphatic carbocycles. The van der Waals surface area contributed by atoms with Gasteiger partial charge in [-0.3, -0.25) is 9.59 Å². The van der Waals surface area contributed by atoms with Crippen molar-refractivity contribution in [2.75, 3.05) is 36.8 Å². The zero-order valence-corrected chi connectivity index (χ0v) is 32.9. The Bertz CT molecular complexity index is 2380. The van der Waals surface area contributed by atoms with E-state index in [1.165, 1.54) is 5.57 Å². The highest BCUT2D eigenvalue weighted by Gasteiger charge is 2.38. The molecule has 4 aliphatic rings. The molecular formula is C41H49N5O7S. The van der Waals surface area contributed by atoms with Crippen molar-refractivity contribution in [3.05, 3.63) is 81.9 Å². The number of imidazole rings is 1. The van der Waals surface area contributed by atoms with E-state index in [4.69, 9.17) is 9.72 Å². The number of hydrogen-bond donors (Lipinski definition) is 1. The average Bonchev–Trinajstić information content (AvgIpc) is 3.55. The number of allylic oxidation sites excluding steroid dienone is 1. The molecule has 13 heteroatoms. The quantitative estimate of drug-likeness (QED) is 0.196. The number of rotatable bonds is 9. The molecule has 1 saturated heterocycles. The first-order valence-corrected chi connectivity index (χ1v) is 20.4. The molecule has 3 aromatic rings. The normalized spacial score (nSPS) is 18.9. The molecule has 1 aromatic heterocycles. The summed E-state index contributed by atoms with van der Waals surface area (Å²) in [4.78, 5) is 34.2. The minimum atomic E-state index is -4.62. The second-order valence-corrected chi connectivity index (χ2v) is 17.2. The number of ether oxygens (including phenoxy) is 1. The van der Waals surface area contributed by atoms with Gasteiger partial charge in [-0.25, -0.2) is 18.0 Å². The molecule has 286 valence electrons. The predicted molar refractivity (Wildman–Crippen MR) is 207 cm³/mol. The van der Waals surface area contributed by atoms with Crippen LogP contribution in [0.5, 0.6) is 11.5 Å². The van der Waals surface area contributed by atoms with Crippen LogP contribution in [0.2, 0.25) is 0 Å². The van der Waals surface area contributed by atoms with E-state index in [0.29, 0.717) is 66.2 Å². The van der Waals surface area contributed by atoms with Crippen molar-refractivity contribution in [3.63, 3.8) is 0 Å². The largest absolute Gasteiger partial charge is 0.748 e. The fraction of sp³-hybridized carbons (Fsp3) is 0.463. The zero-order chi connectivity index (χ0) is 38.9. The zero-order valence-electron chi connectivity index (χ0n) is 32.1. The number of likely N-dealkylation sites (N-methyl/N-ethyl adjacent to an activating group) is 2. The number of likely N-dealkylation sites (tertiary alicyclic amines) is 1. The molecule has 12 nitrogen and oxygen atoms in total. The summed E-state index contributed by atoms with van der Waals surface area (Å²) in [6, 6.07) is 8.09. The van der Waals surface area contributed by atoms with Gasteiger partial charge in [-0.1, -0.05) is 13.0 Å². The number of carbonyl (C=O) groups excluding carboxylic acids is 1. The molecule has 1 fully saturated rings. The van der Waals surface area contributed by atoms with Crippen LogP contribution in [0, 0.1) is 5.92 Å². The molecule has 0 atom stereocenters. The van der Waals surface area contributed by atoms with E-state index in [-0.39, 0.29) is 18.0 Å². The maximum atomic E-state index is 13.8. The van der Waals surface area contributed by atoms with E-state index >= 15 is 0 Å². The van der Waals surface area contributed by atoms with E-state index in [1.54, 1.807) is 17.3 Å². The molecule has 4 aliphatic heterocycles. The van der Waals surface area contributed by atoms with Crippen LogP contribution in [0.15, 0.2) is 48.8 Å². The lowest BCUT2D eigenvalue weighted by molar-refractivity contribution is -0.145. The Balaban J connectivity index is 1.48. The number of hydrogen-bond acceptors (Lipinski definition) is 8. The molecule has 1 amide bonds. The third-order valence-electron chi connectivity index (χ3n) is 11.5. The van der Waals surface area contributed by atoms with Gasteiger partial charge in [-0.2, -0.15) is 0 Å². The minimum absolute atomic E-state index is 0.00668. The summed E-state index contributed by atoms with van der Waals surface area (Å²) in [6.07, 6.45) is 9.23. The number of carbonyl (C=O) groups is 2. The molecule has 0 radical (unpaired) electrons. The van der Waals surface area contributed by atoms with E-state index in [9.17, 15) is 27.7 Å². The van der Waals surface area contributed by atoms with Crippen LogP contribution in [0.1, 0.15) is 90.2 Å². The number of fused-ring (bicyclic) bond motifs is 4. The molecule has 7 rings (SSSR count). The second kappa shape index (κ2) is 13.5. The number of aliphatic carboxylic acids is 1. The van der Waals surface area contributed by atoms with E-state index in [0.717, 1.165) is 40.7 Å². The molecule has 0 spiro atoms. The van der Waals surface area contributed by atoms with Gasteiger partial charge in [-0.15, -0.1) is 0 Å². The molecule has 5 heterocycles. The van der Waals surface area contributed by atoms with Crippen molar-refractivity contribution in [2.45, 2.75) is 85.4 Å². The Morgan fingerprint density at radius 3 is 2.33 bits per heavy atom. The average molecular weight is 756 g/mol. The lowest BCUT2D eigenvalue weighted by Crippen LogP contribution is -2.50. The van der Waals surface area contributed by atoms with Crippen LogP contribution >= 0.6 is 0 Å². The first kappa shape index (κ1) is 37.6. The number of aromatic nitrogens is 2. The van der Waals surface area contributed by atoms with Gasteiger partial charge < -0.3 is 28.8 Å². The molecule has 54 heavy (non-hydrogen) atoms. The van der Waals surface area contributed by atoms with Crippen molar-refractivity contribution in [2.24, 2.45) is 5.92 Å². The highest BCUT2D eigenvalue weighted by Crippen LogP contribution is 2.47. The summed E-state index contributed by atoms with van der Waals surface area (Å²) in [5.41, 5.74) is 5.08. The van der Waals surface area contributed by atoms with Crippen molar-refractivity contribution >= 4 is 44.4 Å². The molecule has 0 bridgehead atoms. The van der Waals surface area contributed by atoms with Gasteiger partial charge in [0.05, 0.1) is 39.0 Å². The van der Waals surface area contributed by atoms with Crippen LogP contribution in [0.3, 0.4) is 0 Å². The number of benzene rings is 2. The summed E-state index contributed by atoms with van der Waals surface area (Å²) in [7, 11) is -4.62. The first-order valence-electron chi connectivity index (χ1n) is 18.8. The predicted octanol–water partition coefficient (Wildman–Crippen LogP) is 4.20. The van der Waals surface area contributed by atoms with Crippen molar-refractivity contribution in [3.8, 4) is 11.5 Å². The highest BCUT2D eigenvalue weighted by atomic mass is 32.2. The lowest BCUT2D eigenvalue weighted by Gasteiger charge is -2.43. The fourth-order valence-electron chi connectivity index (χ4n) is 8.99.